The SMILES string of the molecule is CC(=O)O[C@@H](C)C(=O)NCc1ccccc1-c1ccc([C@H]2O[C@@H](CN3CCN(c4ncccn4)CC3)[C@@H](C)[C@@H](c3ccc(CO)cc3)O2)cc1. The van der Waals surface area contributed by atoms with Crippen molar-refractivity contribution >= 4 is 17.8 Å². The molecule has 1 aromatic heterocycles. The van der Waals surface area contributed by atoms with Crippen LogP contribution in [0, 0.1) is 5.92 Å². The molecule has 0 aliphatic carbocycles. The topological polar surface area (TPSA) is 126 Å². The molecule has 0 spiro atoms. The zero-order valence-electron chi connectivity index (χ0n) is 28.8. The van der Waals surface area contributed by atoms with Gasteiger partial charge in [-0.25, -0.2) is 9.97 Å². The Labute approximate surface area is 293 Å². The highest BCUT2D eigenvalue weighted by atomic mass is 16.7. The maximum Gasteiger partial charge on any atom is 0.303 e. The third kappa shape index (κ3) is 8.54. The number of aliphatic hydroxyl groups is 1. The number of hydrogen-bond donors (Lipinski definition) is 2. The fourth-order valence-electron chi connectivity index (χ4n) is 6.57. The van der Waals surface area contributed by atoms with Crippen LogP contribution in [0.1, 0.15) is 55.4 Å². The van der Waals surface area contributed by atoms with Gasteiger partial charge in [0.25, 0.3) is 5.91 Å². The minimum absolute atomic E-state index is 0.00896. The number of rotatable bonds is 11. The van der Waals surface area contributed by atoms with Crippen LogP contribution in [-0.2, 0) is 37.0 Å². The second-order valence-electron chi connectivity index (χ2n) is 12.9. The van der Waals surface area contributed by atoms with Crippen LogP contribution in [-0.4, -0.2) is 76.8 Å². The van der Waals surface area contributed by atoms with E-state index in [4.69, 9.17) is 14.2 Å². The van der Waals surface area contributed by atoms with E-state index in [0.29, 0.717) is 6.54 Å². The summed E-state index contributed by atoms with van der Waals surface area (Å²) in [6.07, 6.45) is 1.82. The van der Waals surface area contributed by atoms with Gasteiger partial charge in [-0.15, -0.1) is 0 Å². The van der Waals surface area contributed by atoms with E-state index in [2.05, 4.69) is 32.0 Å². The van der Waals surface area contributed by atoms with E-state index in [1.165, 1.54) is 6.92 Å². The van der Waals surface area contributed by atoms with E-state index in [9.17, 15) is 14.7 Å². The summed E-state index contributed by atoms with van der Waals surface area (Å²) in [4.78, 5) is 37.3. The number of carbonyl (C=O) groups is 2. The van der Waals surface area contributed by atoms with Gasteiger partial charge in [-0.05, 0) is 40.8 Å². The van der Waals surface area contributed by atoms with Crippen molar-refractivity contribution in [2.24, 2.45) is 5.92 Å². The molecule has 0 unspecified atom stereocenters. The Morgan fingerprint density at radius 3 is 2.28 bits per heavy atom. The van der Waals surface area contributed by atoms with Gasteiger partial charge in [-0.1, -0.05) is 79.7 Å². The van der Waals surface area contributed by atoms with Crippen LogP contribution in [0.25, 0.3) is 11.1 Å². The third-order valence-corrected chi connectivity index (χ3v) is 9.45. The zero-order valence-corrected chi connectivity index (χ0v) is 28.8. The first-order valence-electron chi connectivity index (χ1n) is 17.2. The standard InChI is InChI=1S/C39H45N5O6/c1-26-35(24-43-19-21-44(22-20-43)39-40-17-6-18-41-39)49-38(50-36(26)31-11-9-29(25-45)10-12-31)32-15-13-30(14-16-32)34-8-5-4-7-33(34)23-42-37(47)27(2)48-28(3)46/h4-18,26-27,35-36,38,45H,19-25H2,1-3H3,(H,42,47)/t26-,27+,35+,36+,38+/m1/s1. The van der Waals surface area contributed by atoms with Crippen LogP contribution in [0.4, 0.5) is 5.95 Å². The summed E-state index contributed by atoms with van der Waals surface area (Å²) in [6, 6.07) is 25.9. The van der Waals surface area contributed by atoms with E-state index < -0.39 is 18.4 Å². The number of aromatic nitrogens is 2. The summed E-state index contributed by atoms with van der Waals surface area (Å²) in [7, 11) is 0. The Morgan fingerprint density at radius 2 is 1.60 bits per heavy atom. The van der Waals surface area contributed by atoms with E-state index in [1.807, 2.05) is 78.9 Å². The highest BCUT2D eigenvalue weighted by molar-refractivity contribution is 5.83. The molecule has 5 atom stereocenters. The van der Waals surface area contributed by atoms with Crippen molar-refractivity contribution in [1.29, 1.82) is 0 Å². The minimum Gasteiger partial charge on any atom is -0.453 e. The number of anilines is 1. The number of carbonyl (C=O) groups excluding carboxylic acids is 2. The quantitative estimate of drug-likeness (QED) is 0.213. The molecular formula is C39H45N5O6. The van der Waals surface area contributed by atoms with Crippen LogP contribution < -0.4 is 10.2 Å². The Hall–Kier alpha value is -4.68. The van der Waals surface area contributed by atoms with E-state index in [0.717, 1.165) is 72.1 Å². The fraction of sp³-hybridized carbons (Fsp3) is 0.385. The van der Waals surface area contributed by atoms with Gasteiger partial charge < -0.3 is 29.5 Å². The van der Waals surface area contributed by atoms with Gasteiger partial charge in [0.05, 0.1) is 18.8 Å². The molecule has 3 aromatic carbocycles. The van der Waals surface area contributed by atoms with Gasteiger partial charge >= 0.3 is 5.97 Å². The van der Waals surface area contributed by atoms with Crippen LogP contribution in [0.5, 0.6) is 0 Å². The first-order chi connectivity index (χ1) is 24.3. The molecule has 11 heteroatoms. The number of amides is 1. The van der Waals surface area contributed by atoms with Crippen LogP contribution >= 0.6 is 0 Å². The fourth-order valence-corrected chi connectivity index (χ4v) is 6.57. The highest BCUT2D eigenvalue weighted by Gasteiger charge is 2.39. The molecule has 262 valence electrons. The van der Waals surface area contributed by atoms with Gasteiger partial charge in [0.1, 0.15) is 0 Å². The first-order valence-corrected chi connectivity index (χ1v) is 17.2. The zero-order chi connectivity index (χ0) is 35.0. The number of aliphatic hydroxyl groups excluding tert-OH is 1. The van der Waals surface area contributed by atoms with Crippen molar-refractivity contribution in [3.05, 3.63) is 114 Å². The molecule has 6 rings (SSSR count). The second-order valence-corrected chi connectivity index (χ2v) is 12.9. The monoisotopic (exact) mass is 679 g/mol. The van der Waals surface area contributed by atoms with Gasteiger partial charge in [-0.3, -0.25) is 14.5 Å². The summed E-state index contributed by atoms with van der Waals surface area (Å²) in [5.74, 6) is -0.0121. The van der Waals surface area contributed by atoms with Gasteiger partial charge in [0.15, 0.2) is 12.4 Å². The van der Waals surface area contributed by atoms with Crippen LogP contribution in [0.3, 0.4) is 0 Å². The molecule has 2 aliphatic heterocycles. The highest BCUT2D eigenvalue weighted by Crippen LogP contribution is 2.42. The lowest BCUT2D eigenvalue weighted by atomic mass is 9.89. The Balaban J connectivity index is 1.17. The number of hydrogen-bond acceptors (Lipinski definition) is 10. The predicted octanol–water partition coefficient (Wildman–Crippen LogP) is 4.82. The lowest BCUT2D eigenvalue weighted by molar-refractivity contribution is -0.276. The van der Waals surface area contributed by atoms with Crippen molar-refractivity contribution in [3.63, 3.8) is 0 Å². The normalized spacial score (nSPS) is 21.7. The van der Waals surface area contributed by atoms with E-state index >= 15 is 0 Å². The molecule has 4 aromatic rings. The maximum absolute atomic E-state index is 12.5. The van der Waals surface area contributed by atoms with Crippen LogP contribution in [0.15, 0.2) is 91.3 Å². The maximum atomic E-state index is 12.5. The first kappa shape index (κ1) is 35.2. The summed E-state index contributed by atoms with van der Waals surface area (Å²) >= 11 is 0. The number of ether oxygens (including phenoxy) is 3. The average molecular weight is 680 g/mol. The predicted molar refractivity (Wildman–Crippen MR) is 189 cm³/mol. The number of benzene rings is 3. The van der Waals surface area contributed by atoms with Crippen molar-refractivity contribution < 1.29 is 28.9 Å². The molecule has 2 aliphatic rings. The summed E-state index contributed by atoms with van der Waals surface area (Å²) in [5, 5.41) is 12.5. The second kappa shape index (κ2) is 16.4. The minimum atomic E-state index is -0.870. The molecule has 11 nitrogen and oxygen atoms in total. The molecule has 0 radical (unpaired) electrons. The molecule has 2 N–H and O–H groups in total. The molecule has 50 heavy (non-hydrogen) atoms. The van der Waals surface area contributed by atoms with Crippen molar-refractivity contribution in [3.8, 4) is 11.1 Å². The number of piperazine rings is 1. The summed E-state index contributed by atoms with van der Waals surface area (Å²) in [5.41, 5.74) is 5.73. The lowest BCUT2D eigenvalue weighted by Gasteiger charge is -2.44. The Bertz CT molecular complexity index is 1710. The van der Waals surface area contributed by atoms with E-state index in [1.54, 1.807) is 19.3 Å². The average Bonchev–Trinajstić information content (AvgIpc) is 3.15. The summed E-state index contributed by atoms with van der Waals surface area (Å²) in [6.45, 7) is 9.52. The smallest absolute Gasteiger partial charge is 0.303 e. The van der Waals surface area contributed by atoms with Gasteiger partial charge in [0, 0.05) is 70.1 Å². The molecular weight excluding hydrogens is 634 g/mol. The number of esters is 1. The van der Waals surface area contributed by atoms with Gasteiger partial charge in [0.2, 0.25) is 5.95 Å². The molecule has 1 amide bonds. The number of nitrogens with one attached hydrogen (secondary N) is 1. The molecule has 2 fully saturated rings. The Morgan fingerprint density at radius 1 is 0.920 bits per heavy atom. The lowest BCUT2D eigenvalue weighted by Crippen LogP contribution is -2.51. The molecule has 0 bridgehead atoms. The van der Waals surface area contributed by atoms with Gasteiger partial charge in [-0.2, -0.15) is 0 Å². The largest absolute Gasteiger partial charge is 0.453 e. The summed E-state index contributed by atoms with van der Waals surface area (Å²) < 4.78 is 18.5. The third-order valence-electron chi connectivity index (χ3n) is 9.45. The van der Waals surface area contributed by atoms with Crippen molar-refractivity contribution in [1.82, 2.24) is 20.2 Å². The molecule has 3 heterocycles. The molecule has 2 saturated heterocycles. The number of nitrogens with zero attached hydrogens (tertiary/aromatic N) is 4. The van der Waals surface area contributed by atoms with Crippen molar-refractivity contribution in [2.75, 3.05) is 37.6 Å². The van der Waals surface area contributed by atoms with Crippen molar-refractivity contribution in [2.45, 2.75) is 58.5 Å². The molecule has 0 saturated carbocycles. The Kier molecular flexibility index (Phi) is 11.5. The van der Waals surface area contributed by atoms with Crippen LogP contribution in [0.2, 0.25) is 0 Å². The van der Waals surface area contributed by atoms with E-state index in [-0.39, 0.29) is 30.6 Å².